The Labute approximate surface area is 176 Å². The molecule has 1 unspecified atom stereocenters. The molecule has 2 N–H and O–H groups in total. The molecule has 31 heavy (non-hydrogen) atoms. The zero-order valence-electron chi connectivity index (χ0n) is 16.5. The highest BCUT2D eigenvalue weighted by Gasteiger charge is 2.31. The molecule has 1 aromatic carbocycles. The monoisotopic (exact) mass is 437 g/mol. The second-order valence-corrected chi connectivity index (χ2v) is 7.20. The molecule has 1 atom stereocenters. The molecule has 166 valence electrons. The van der Waals surface area contributed by atoms with Gasteiger partial charge >= 0.3 is 12.1 Å². The van der Waals surface area contributed by atoms with Gasteiger partial charge in [0.1, 0.15) is 0 Å². The lowest BCUT2D eigenvalue weighted by molar-refractivity contribution is -0.144. The Kier molecular flexibility index (Phi) is 7.06. The number of hydrogen-bond acceptors (Lipinski definition) is 6. The standard InChI is InChI=1S/C20H22F3N5O3/c21-20(22,23)15-3-1-4-16(12-15)26-17(29)11-14(18(30)31)13-27-7-9-28(10-8-27)19-24-5-2-6-25-19/h1-6,12,14H,7-11,13H2,(H,26,29)(H,30,31). The van der Waals surface area contributed by atoms with Gasteiger partial charge in [0.25, 0.3) is 0 Å². The molecule has 11 heteroatoms. The molecular weight excluding hydrogens is 415 g/mol. The Morgan fingerprint density at radius 1 is 1.10 bits per heavy atom. The van der Waals surface area contributed by atoms with Gasteiger partial charge in [0.05, 0.1) is 11.5 Å². The lowest BCUT2D eigenvalue weighted by Crippen LogP contribution is -2.49. The number of hydrogen-bond donors (Lipinski definition) is 2. The summed E-state index contributed by atoms with van der Waals surface area (Å²) < 4.78 is 38.4. The van der Waals surface area contributed by atoms with Crippen molar-refractivity contribution in [1.82, 2.24) is 14.9 Å². The normalized spacial score (nSPS) is 16.0. The number of benzene rings is 1. The molecule has 0 saturated carbocycles. The van der Waals surface area contributed by atoms with E-state index >= 15 is 0 Å². The quantitative estimate of drug-likeness (QED) is 0.686. The molecule has 0 aliphatic carbocycles. The summed E-state index contributed by atoms with van der Waals surface area (Å²) in [4.78, 5) is 36.2. The number of rotatable bonds is 7. The summed E-state index contributed by atoms with van der Waals surface area (Å²) in [6.07, 6.45) is -1.57. The van der Waals surface area contributed by atoms with E-state index in [4.69, 9.17) is 0 Å². The molecule has 0 radical (unpaired) electrons. The molecule has 1 fully saturated rings. The molecule has 8 nitrogen and oxygen atoms in total. The van der Waals surface area contributed by atoms with Crippen LogP contribution in [0.3, 0.4) is 0 Å². The Hall–Kier alpha value is -3.21. The molecule has 1 amide bonds. The fourth-order valence-electron chi connectivity index (χ4n) is 3.34. The van der Waals surface area contributed by atoms with E-state index in [2.05, 4.69) is 15.3 Å². The lowest BCUT2D eigenvalue weighted by Gasteiger charge is -2.35. The number of carbonyl (C=O) groups excluding carboxylic acids is 1. The van der Waals surface area contributed by atoms with Crippen LogP contribution >= 0.6 is 0 Å². The van der Waals surface area contributed by atoms with Crippen LogP contribution in [0.1, 0.15) is 12.0 Å². The van der Waals surface area contributed by atoms with Crippen molar-refractivity contribution < 1.29 is 27.9 Å². The summed E-state index contributed by atoms with van der Waals surface area (Å²) in [5.74, 6) is -2.15. The van der Waals surface area contributed by atoms with E-state index in [1.54, 1.807) is 18.5 Å². The number of carboxylic acids is 1. The number of aliphatic carboxylic acids is 1. The fraction of sp³-hybridized carbons (Fsp3) is 0.400. The fourth-order valence-corrected chi connectivity index (χ4v) is 3.34. The topological polar surface area (TPSA) is 98.7 Å². The van der Waals surface area contributed by atoms with Crippen molar-refractivity contribution in [2.45, 2.75) is 12.6 Å². The van der Waals surface area contributed by atoms with Crippen LogP contribution in [0.5, 0.6) is 0 Å². The minimum absolute atomic E-state index is 0.0274. The predicted octanol–water partition coefficient (Wildman–Crippen LogP) is 2.35. The zero-order valence-corrected chi connectivity index (χ0v) is 16.5. The largest absolute Gasteiger partial charge is 0.481 e. The van der Waals surface area contributed by atoms with Gasteiger partial charge in [-0.1, -0.05) is 6.07 Å². The summed E-state index contributed by atoms with van der Waals surface area (Å²) in [6.45, 7) is 2.56. The van der Waals surface area contributed by atoms with Crippen LogP contribution in [-0.4, -0.2) is 64.6 Å². The Bertz CT molecular complexity index is 902. The number of piperazine rings is 1. The van der Waals surface area contributed by atoms with Crippen molar-refractivity contribution >= 4 is 23.5 Å². The number of alkyl halides is 3. The van der Waals surface area contributed by atoms with Crippen molar-refractivity contribution in [2.24, 2.45) is 5.92 Å². The molecule has 0 spiro atoms. The number of halogens is 3. The number of aromatic nitrogens is 2. The van der Waals surface area contributed by atoms with E-state index < -0.39 is 29.5 Å². The molecular formula is C20H22F3N5O3. The number of carbonyl (C=O) groups is 2. The summed E-state index contributed by atoms with van der Waals surface area (Å²) in [5.41, 5.74) is -0.916. The first kappa shape index (κ1) is 22.5. The highest BCUT2D eigenvalue weighted by Crippen LogP contribution is 2.30. The second kappa shape index (κ2) is 9.73. The third-order valence-corrected chi connectivity index (χ3v) is 4.94. The number of nitrogens with one attached hydrogen (secondary N) is 1. The van der Waals surface area contributed by atoms with E-state index in [-0.39, 0.29) is 18.7 Å². The Morgan fingerprint density at radius 3 is 2.39 bits per heavy atom. The van der Waals surface area contributed by atoms with Gasteiger partial charge in [-0.05, 0) is 24.3 Å². The predicted molar refractivity (Wildman–Crippen MR) is 107 cm³/mol. The number of carboxylic acid groups (broad SMARTS) is 1. The van der Waals surface area contributed by atoms with Crippen LogP contribution in [0, 0.1) is 5.92 Å². The zero-order chi connectivity index (χ0) is 22.4. The van der Waals surface area contributed by atoms with Crippen molar-refractivity contribution in [3.05, 3.63) is 48.3 Å². The smallest absolute Gasteiger partial charge is 0.416 e. The van der Waals surface area contributed by atoms with Crippen LogP contribution in [0.4, 0.5) is 24.8 Å². The molecule has 0 bridgehead atoms. The van der Waals surface area contributed by atoms with E-state index in [1.165, 1.54) is 12.1 Å². The van der Waals surface area contributed by atoms with Gasteiger partial charge in [0, 0.05) is 57.2 Å². The molecule has 2 aromatic rings. The van der Waals surface area contributed by atoms with Crippen LogP contribution in [-0.2, 0) is 15.8 Å². The summed E-state index contributed by atoms with van der Waals surface area (Å²) in [6, 6.07) is 5.95. The highest BCUT2D eigenvalue weighted by molar-refractivity contribution is 5.93. The van der Waals surface area contributed by atoms with Gasteiger partial charge in [-0.25, -0.2) is 9.97 Å². The van der Waals surface area contributed by atoms with Gasteiger partial charge in [-0.3, -0.25) is 14.5 Å². The Morgan fingerprint density at radius 2 is 1.77 bits per heavy atom. The summed E-state index contributed by atoms with van der Waals surface area (Å²) in [7, 11) is 0. The molecule has 2 heterocycles. The van der Waals surface area contributed by atoms with Crippen molar-refractivity contribution in [3.63, 3.8) is 0 Å². The van der Waals surface area contributed by atoms with Crippen molar-refractivity contribution in [1.29, 1.82) is 0 Å². The summed E-state index contributed by atoms with van der Waals surface area (Å²) in [5, 5.41) is 11.9. The molecule has 1 aromatic heterocycles. The number of anilines is 2. The number of amides is 1. The molecule has 1 aliphatic rings. The van der Waals surface area contributed by atoms with Crippen LogP contribution in [0.15, 0.2) is 42.7 Å². The van der Waals surface area contributed by atoms with Crippen molar-refractivity contribution in [3.8, 4) is 0 Å². The minimum atomic E-state index is -4.53. The molecule has 1 aliphatic heterocycles. The SMILES string of the molecule is O=C(CC(CN1CCN(c2ncccn2)CC1)C(=O)O)Nc1cccc(C(F)(F)F)c1. The van der Waals surface area contributed by atoms with Gasteiger partial charge in [0.15, 0.2) is 0 Å². The maximum Gasteiger partial charge on any atom is 0.416 e. The summed E-state index contributed by atoms with van der Waals surface area (Å²) >= 11 is 0. The Balaban J connectivity index is 1.53. The lowest BCUT2D eigenvalue weighted by atomic mass is 10.0. The first-order chi connectivity index (χ1) is 14.7. The van der Waals surface area contributed by atoms with Crippen LogP contribution < -0.4 is 10.2 Å². The molecule has 1 saturated heterocycles. The molecule has 3 rings (SSSR count). The van der Waals surface area contributed by atoms with E-state index in [9.17, 15) is 27.9 Å². The average Bonchev–Trinajstić information content (AvgIpc) is 2.74. The van der Waals surface area contributed by atoms with Gasteiger partial charge in [0.2, 0.25) is 11.9 Å². The first-order valence-electron chi connectivity index (χ1n) is 9.66. The maximum atomic E-state index is 12.8. The van der Waals surface area contributed by atoms with Gasteiger partial charge in [-0.15, -0.1) is 0 Å². The van der Waals surface area contributed by atoms with Crippen LogP contribution in [0.2, 0.25) is 0 Å². The third-order valence-electron chi connectivity index (χ3n) is 4.94. The van der Waals surface area contributed by atoms with E-state index in [0.29, 0.717) is 32.1 Å². The maximum absolute atomic E-state index is 12.8. The van der Waals surface area contributed by atoms with E-state index in [1.807, 2.05) is 9.80 Å². The van der Waals surface area contributed by atoms with E-state index in [0.717, 1.165) is 12.1 Å². The van der Waals surface area contributed by atoms with Crippen LogP contribution in [0.25, 0.3) is 0 Å². The number of nitrogens with zero attached hydrogens (tertiary/aromatic N) is 4. The third kappa shape index (κ3) is 6.38. The van der Waals surface area contributed by atoms with Gasteiger partial charge in [-0.2, -0.15) is 13.2 Å². The minimum Gasteiger partial charge on any atom is -0.481 e. The van der Waals surface area contributed by atoms with Gasteiger partial charge < -0.3 is 15.3 Å². The second-order valence-electron chi connectivity index (χ2n) is 7.20. The highest BCUT2D eigenvalue weighted by atomic mass is 19.4. The first-order valence-corrected chi connectivity index (χ1v) is 9.66. The van der Waals surface area contributed by atoms with Crippen molar-refractivity contribution in [2.75, 3.05) is 42.9 Å². The average molecular weight is 437 g/mol.